The molecular weight excluding hydrogens is 218 g/mol. The van der Waals surface area contributed by atoms with Crippen molar-refractivity contribution >= 4 is 11.8 Å². The number of rotatable bonds is 5. The van der Waals surface area contributed by atoms with Gasteiger partial charge in [0, 0.05) is 18.3 Å². The Morgan fingerprint density at radius 3 is 2.44 bits per heavy atom. The van der Waals surface area contributed by atoms with E-state index in [1.807, 2.05) is 13.2 Å². The van der Waals surface area contributed by atoms with Crippen molar-refractivity contribution in [3.63, 3.8) is 0 Å². The van der Waals surface area contributed by atoms with Crippen molar-refractivity contribution in [3.8, 4) is 0 Å². The molecule has 0 spiro atoms. The van der Waals surface area contributed by atoms with E-state index < -0.39 is 5.60 Å². The SMILES string of the molecule is CSCC(C)(O)CNC1CCC(C)(C)CC1. The maximum atomic E-state index is 10.1. The van der Waals surface area contributed by atoms with Crippen LogP contribution in [0.1, 0.15) is 46.5 Å². The van der Waals surface area contributed by atoms with Crippen LogP contribution in [0.5, 0.6) is 0 Å². The van der Waals surface area contributed by atoms with Gasteiger partial charge in [-0.3, -0.25) is 0 Å². The maximum Gasteiger partial charge on any atom is 0.0833 e. The molecule has 0 aromatic carbocycles. The molecule has 0 heterocycles. The number of nitrogens with one attached hydrogen (secondary N) is 1. The monoisotopic (exact) mass is 245 g/mol. The van der Waals surface area contributed by atoms with E-state index in [0.29, 0.717) is 11.5 Å². The summed E-state index contributed by atoms with van der Waals surface area (Å²) in [5, 5.41) is 13.6. The lowest BCUT2D eigenvalue weighted by Crippen LogP contribution is -2.45. The van der Waals surface area contributed by atoms with Crippen molar-refractivity contribution < 1.29 is 5.11 Å². The molecule has 0 radical (unpaired) electrons. The van der Waals surface area contributed by atoms with Crippen molar-refractivity contribution in [1.82, 2.24) is 5.32 Å². The molecule has 1 saturated carbocycles. The van der Waals surface area contributed by atoms with E-state index in [2.05, 4.69) is 19.2 Å². The highest BCUT2D eigenvalue weighted by Gasteiger charge is 2.28. The lowest BCUT2D eigenvalue weighted by Gasteiger charge is -2.36. The Morgan fingerprint density at radius 1 is 1.38 bits per heavy atom. The molecule has 16 heavy (non-hydrogen) atoms. The van der Waals surface area contributed by atoms with Crippen LogP contribution in [-0.2, 0) is 0 Å². The van der Waals surface area contributed by atoms with Gasteiger partial charge in [-0.05, 0) is 44.3 Å². The van der Waals surface area contributed by atoms with Crippen LogP contribution in [0.4, 0.5) is 0 Å². The summed E-state index contributed by atoms with van der Waals surface area (Å²) in [6, 6.07) is 0.612. The minimum atomic E-state index is -0.563. The Labute approximate surface area is 105 Å². The summed E-state index contributed by atoms with van der Waals surface area (Å²) >= 11 is 1.70. The largest absolute Gasteiger partial charge is 0.388 e. The second-order valence-electron chi connectivity index (χ2n) is 6.25. The van der Waals surface area contributed by atoms with Crippen molar-refractivity contribution in [2.45, 2.75) is 58.1 Å². The molecule has 0 aliphatic heterocycles. The van der Waals surface area contributed by atoms with Crippen molar-refractivity contribution in [3.05, 3.63) is 0 Å². The first-order valence-electron chi connectivity index (χ1n) is 6.29. The van der Waals surface area contributed by atoms with Crippen LogP contribution in [0.15, 0.2) is 0 Å². The average Bonchev–Trinajstić information content (AvgIpc) is 2.16. The van der Waals surface area contributed by atoms with E-state index in [-0.39, 0.29) is 0 Å². The maximum absolute atomic E-state index is 10.1. The third-order valence-electron chi connectivity index (χ3n) is 3.57. The van der Waals surface area contributed by atoms with Gasteiger partial charge < -0.3 is 10.4 Å². The molecule has 0 amide bonds. The summed E-state index contributed by atoms with van der Waals surface area (Å²) in [6.45, 7) is 7.35. The fourth-order valence-electron chi connectivity index (χ4n) is 2.33. The third-order valence-corrected chi connectivity index (χ3v) is 4.48. The second-order valence-corrected chi connectivity index (χ2v) is 7.12. The van der Waals surface area contributed by atoms with E-state index in [9.17, 15) is 5.11 Å². The molecular formula is C13H27NOS. The molecule has 0 saturated heterocycles. The van der Waals surface area contributed by atoms with Crippen LogP contribution < -0.4 is 5.32 Å². The third kappa shape index (κ3) is 5.07. The Morgan fingerprint density at radius 2 is 1.94 bits per heavy atom. The standard InChI is InChI=1S/C13H27NOS/c1-12(2)7-5-11(6-8-12)14-9-13(3,15)10-16-4/h11,14-15H,5-10H2,1-4H3. The fourth-order valence-corrected chi connectivity index (χ4v) is 3.05. The Hall–Kier alpha value is 0.270. The topological polar surface area (TPSA) is 32.3 Å². The molecule has 1 fully saturated rings. The lowest BCUT2D eigenvalue weighted by atomic mass is 9.75. The van der Waals surface area contributed by atoms with E-state index >= 15 is 0 Å². The average molecular weight is 245 g/mol. The van der Waals surface area contributed by atoms with E-state index in [0.717, 1.165) is 12.3 Å². The molecule has 2 nitrogen and oxygen atoms in total. The summed E-state index contributed by atoms with van der Waals surface area (Å²) in [5.74, 6) is 0.804. The van der Waals surface area contributed by atoms with Gasteiger partial charge in [0.2, 0.25) is 0 Å². The Bertz CT molecular complexity index is 206. The minimum absolute atomic E-state index is 0.528. The zero-order valence-electron chi connectivity index (χ0n) is 11.2. The zero-order valence-corrected chi connectivity index (χ0v) is 12.0. The number of aliphatic hydroxyl groups is 1. The van der Waals surface area contributed by atoms with Gasteiger partial charge in [0.05, 0.1) is 5.60 Å². The smallest absolute Gasteiger partial charge is 0.0833 e. The Kier molecular flexibility index (Phi) is 5.14. The Balaban J connectivity index is 2.24. The fraction of sp³-hybridized carbons (Fsp3) is 1.00. The first-order chi connectivity index (χ1) is 7.35. The van der Waals surface area contributed by atoms with Crippen LogP contribution in [0.3, 0.4) is 0 Å². The summed E-state index contributed by atoms with van der Waals surface area (Å²) in [7, 11) is 0. The first kappa shape index (κ1) is 14.3. The lowest BCUT2D eigenvalue weighted by molar-refractivity contribution is 0.0763. The molecule has 1 unspecified atom stereocenters. The molecule has 96 valence electrons. The highest BCUT2D eigenvalue weighted by Crippen LogP contribution is 2.35. The molecule has 1 aliphatic rings. The van der Waals surface area contributed by atoms with Crippen LogP contribution in [0.2, 0.25) is 0 Å². The molecule has 1 aliphatic carbocycles. The summed E-state index contributed by atoms with van der Waals surface area (Å²) < 4.78 is 0. The highest BCUT2D eigenvalue weighted by molar-refractivity contribution is 7.98. The van der Waals surface area contributed by atoms with Gasteiger partial charge >= 0.3 is 0 Å². The summed E-state index contributed by atoms with van der Waals surface area (Å²) in [5.41, 5.74) is -0.0354. The van der Waals surface area contributed by atoms with Gasteiger partial charge in [-0.1, -0.05) is 13.8 Å². The molecule has 1 rings (SSSR count). The first-order valence-corrected chi connectivity index (χ1v) is 7.69. The molecule has 2 N–H and O–H groups in total. The molecule has 1 atom stereocenters. The van der Waals surface area contributed by atoms with Crippen molar-refractivity contribution in [2.24, 2.45) is 5.41 Å². The van der Waals surface area contributed by atoms with Gasteiger partial charge in [0.25, 0.3) is 0 Å². The van der Waals surface area contributed by atoms with Gasteiger partial charge in [0.15, 0.2) is 0 Å². The second kappa shape index (κ2) is 5.74. The van der Waals surface area contributed by atoms with E-state index in [1.165, 1.54) is 25.7 Å². The van der Waals surface area contributed by atoms with Crippen LogP contribution >= 0.6 is 11.8 Å². The van der Waals surface area contributed by atoms with Gasteiger partial charge in [-0.15, -0.1) is 0 Å². The van der Waals surface area contributed by atoms with Gasteiger partial charge in [-0.2, -0.15) is 11.8 Å². The molecule has 0 aromatic rings. The predicted molar refractivity (Wildman–Crippen MR) is 73.0 cm³/mol. The quantitative estimate of drug-likeness (QED) is 0.781. The minimum Gasteiger partial charge on any atom is -0.388 e. The number of thioether (sulfide) groups is 1. The van der Waals surface area contributed by atoms with Crippen LogP contribution in [0.25, 0.3) is 0 Å². The number of hydrogen-bond acceptors (Lipinski definition) is 3. The number of hydrogen-bond donors (Lipinski definition) is 2. The predicted octanol–water partition coefficient (Wildman–Crippen LogP) is 2.66. The van der Waals surface area contributed by atoms with Gasteiger partial charge in [0.1, 0.15) is 0 Å². The zero-order chi connectivity index (χ0) is 12.2. The molecule has 0 bridgehead atoms. The molecule has 3 heteroatoms. The molecule has 0 aromatic heterocycles. The highest BCUT2D eigenvalue weighted by atomic mass is 32.2. The normalized spacial score (nSPS) is 25.3. The van der Waals surface area contributed by atoms with Crippen LogP contribution in [-0.4, -0.2) is 35.3 Å². The van der Waals surface area contributed by atoms with E-state index in [1.54, 1.807) is 11.8 Å². The van der Waals surface area contributed by atoms with E-state index in [4.69, 9.17) is 0 Å². The van der Waals surface area contributed by atoms with Crippen LogP contribution in [0, 0.1) is 5.41 Å². The van der Waals surface area contributed by atoms with Crippen molar-refractivity contribution in [2.75, 3.05) is 18.6 Å². The summed E-state index contributed by atoms with van der Waals surface area (Å²) in [4.78, 5) is 0. The summed E-state index contributed by atoms with van der Waals surface area (Å²) in [6.07, 6.45) is 7.15. The van der Waals surface area contributed by atoms with Gasteiger partial charge in [-0.25, -0.2) is 0 Å². The van der Waals surface area contributed by atoms with Crippen molar-refractivity contribution in [1.29, 1.82) is 0 Å².